The molecule has 0 aliphatic carbocycles. The first-order valence-corrected chi connectivity index (χ1v) is 7.40. The summed E-state index contributed by atoms with van der Waals surface area (Å²) < 4.78 is 5.38. The molecule has 1 unspecified atom stereocenters. The lowest BCUT2D eigenvalue weighted by atomic mass is 10.1. The largest absolute Gasteiger partial charge is 0.497 e. The van der Waals surface area contributed by atoms with Crippen molar-refractivity contribution < 1.29 is 4.74 Å². The Kier molecular flexibility index (Phi) is 5.26. The lowest BCUT2D eigenvalue weighted by molar-refractivity contribution is 0.398. The minimum atomic E-state index is 0.507. The monoisotopic (exact) mass is 277 g/mol. The first-order chi connectivity index (χ1) is 9.60. The van der Waals surface area contributed by atoms with E-state index in [1.54, 1.807) is 7.11 Å². The molecule has 1 aromatic carbocycles. The van der Waals surface area contributed by atoms with E-state index in [4.69, 9.17) is 4.74 Å². The molecule has 0 radical (unpaired) electrons. The normalized spacial score (nSPS) is 18.9. The first kappa shape index (κ1) is 15.1. The fraction of sp³-hybridized carbons (Fsp3) is 0.625. The van der Waals surface area contributed by atoms with Crippen LogP contribution in [0.2, 0.25) is 0 Å². The third-order valence-electron chi connectivity index (χ3n) is 3.80. The highest BCUT2D eigenvalue weighted by Crippen LogP contribution is 2.28. The zero-order valence-electron chi connectivity index (χ0n) is 13.1. The summed E-state index contributed by atoms with van der Waals surface area (Å²) >= 11 is 0. The fourth-order valence-corrected chi connectivity index (χ4v) is 2.68. The molecule has 112 valence electrons. The van der Waals surface area contributed by atoms with Gasteiger partial charge >= 0.3 is 0 Å². The molecule has 0 fully saturated rings. The predicted octanol–water partition coefficient (Wildman–Crippen LogP) is 1.94. The van der Waals surface area contributed by atoms with Crippen LogP contribution in [-0.2, 0) is 6.54 Å². The molecular formula is C16H27N3O. The van der Waals surface area contributed by atoms with E-state index in [-0.39, 0.29) is 0 Å². The Balaban J connectivity index is 2.16. The van der Waals surface area contributed by atoms with Crippen LogP contribution < -0.4 is 15.0 Å². The summed E-state index contributed by atoms with van der Waals surface area (Å²) in [7, 11) is 5.99. The van der Waals surface area contributed by atoms with Gasteiger partial charge < -0.3 is 19.9 Å². The summed E-state index contributed by atoms with van der Waals surface area (Å²) in [5, 5.41) is 3.57. The second-order valence-electron chi connectivity index (χ2n) is 5.88. The average molecular weight is 277 g/mol. The minimum absolute atomic E-state index is 0.507. The number of nitrogens with zero attached hydrogens (tertiary/aromatic N) is 2. The van der Waals surface area contributed by atoms with E-state index in [2.05, 4.69) is 54.3 Å². The van der Waals surface area contributed by atoms with Gasteiger partial charge in [-0.05, 0) is 45.6 Å². The van der Waals surface area contributed by atoms with Gasteiger partial charge in [0.05, 0.1) is 7.11 Å². The van der Waals surface area contributed by atoms with Gasteiger partial charge in [-0.2, -0.15) is 0 Å². The summed E-state index contributed by atoms with van der Waals surface area (Å²) in [4.78, 5) is 4.73. The van der Waals surface area contributed by atoms with Crippen LogP contribution >= 0.6 is 0 Å². The van der Waals surface area contributed by atoms with Gasteiger partial charge in [0, 0.05) is 37.4 Å². The molecule has 1 aliphatic heterocycles. The zero-order valence-corrected chi connectivity index (χ0v) is 13.1. The highest BCUT2D eigenvalue weighted by Gasteiger charge is 2.19. The fourth-order valence-electron chi connectivity index (χ4n) is 2.68. The van der Waals surface area contributed by atoms with Gasteiger partial charge in [0.25, 0.3) is 0 Å². The van der Waals surface area contributed by atoms with Gasteiger partial charge in [-0.25, -0.2) is 0 Å². The highest BCUT2D eigenvalue weighted by atomic mass is 16.5. The first-order valence-electron chi connectivity index (χ1n) is 7.40. The molecule has 0 spiro atoms. The van der Waals surface area contributed by atoms with E-state index in [9.17, 15) is 0 Å². The molecule has 0 aromatic heterocycles. The molecule has 4 nitrogen and oxygen atoms in total. The van der Waals surface area contributed by atoms with Crippen molar-refractivity contribution in [3.05, 3.63) is 23.8 Å². The maximum atomic E-state index is 5.38. The van der Waals surface area contributed by atoms with Crippen LogP contribution in [0.1, 0.15) is 18.9 Å². The van der Waals surface area contributed by atoms with E-state index < -0.39 is 0 Å². The van der Waals surface area contributed by atoms with Gasteiger partial charge in [0.2, 0.25) is 0 Å². The molecule has 2 rings (SSSR count). The molecule has 1 N–H and O–H groups in total. The summed E-state index contributed by atoms with van der Waals surface area (Å²) in [6, 6.07) is 6.91. The van der Waals surface area contributed by atoms with Gasteiger partial charge in [-0.3, -0.25) is 0 Å². The number of hydrogen-bond donors (Lipinski definition) is 1. The summed E-state index contributed by atoms with van der Waals surface area (Å²) in [6.45, 7) is 6.45. The Morgan fingerprint density at radius 1 is 1.40 bits per heavy atom. The van der Waals surface area contributed by atoms with Crippen LogP contribution in [0.4, 0.5) is 5.69 Å². The van der Waals surface area contributed by atoms with E-state index in [0.717, 1.165) is 31.9 Å². The van der Waals surface area contributed by atoms with Crippen molar-refractivity contribution in [1.82, 2.24) is 10.2 Å². The number of benzene rings is 1. The summed E-state index contributed by atoms with van der Waals surface area (Å²) in [5.41, 5.74) is 2.68. The van der Waals surface area contributed by atoms with Crippen molar-refractivity contribution in [2.75, 3.05) is 45.7 Å². The van der Waals surface area contributed by atoms with E-state index in [1.165, 1.54) is 17.7 Å². The molecule has 0 saturated heterocycles. The molecule has 1 aliphatic rings. The van der Waals surface area contributed by atoms with Gasteiger partial charge in [-0.15, -0.1) is 0 Å². The topological polar surface area (TPSA) is 27.7 Å². The molecule has 20 heavy (non-hydrogen) atoms. The molecular weight excluding hydrogens is 250 g/mol. The number of ether oxygens (including phenoxy) is 1. The molecule has 1 aromatic rings. The maximum Gasteiger partial charge on any atom is 0.120 e. The van der Waals surface area contributed by atoms with E-state index in [1.807, 2.05) is 0 Å². The molecule has 0 amide bonds. The quantitative estimate of drug-likeness (QED) is 0.890. The number of hydrogen-bond acceptors (Lipinski definition) is 4. The van der Waals surface area contributed by atoms with Crippen LogP contribution in [-0.4, -0.2) is 51.8 Å². The zero-order chi connectivity index (χ0) is 14.5. The maximum absolute atomic E-state index is 5.38. The third kappa shape index (κ3) is 3.87. The second kappa shape index (κ2) is 6.95. The third-order valence-corrected chi connectivity index (χ3v) is 3.80. The lowest BCUT2D eigenvalue weighted by Gasteiger charge is -2.27. The van der Waals surface area contributed by atoms with Crippen molar-refractivity contribution in [1.29, 1.82) is 0 Å². The molecule has 4 heteroatoms. The van der Waals surface area contributed by atoms with Crippen molar-refractivity contribution in [3.8, 4) is 5.75 Å². The van der Waals surface area contributed by atoms with Gasteiger partial charge in [0.1, 0.15) is 5.75 Å². The van der Waals surface area contributed by atoms with E-state index in [0.29, 0.717) is 6.04 Å². The van der Waals surface area contributed by atoms with Crippen molar-refractivity contribution in [3.63, 3.8) is 0 Å². The Morgan fingerprint density at radius 2 is 2.20 bits per heavy atom. The SMILES string of the molecule is COc1ccc2c(c1)N(CCCN(C)C)CC(C)NC2. The lowest BCUT2D eigenvalue weighted by Crippen LogP contribution is -2.37. The second-order valence-corrected chi connectivity index (χ2v) is 5.88. The highest BCUT2D eigenvalue weighted by molar-refractivity contribution is 5.58. The Morgan fingerprint density at radius 3 is 2.90 bits per heavy atom. The standard InChI is InChI=1S/C16H27N3O/c1-13-12-19(9-5-8-18(2)3)16-10-15(20-4)7-6-14(16)11-17-13/h6-7,10,13,17H,5,8-9,11-12H2,1-4H3. The van der Waals surface area contributed by atoms with E-state index >= 15 is 0 Å². The number of rotatable bonds is 5. The van der Waals surface area contributed by atoms with Crippen LogP contribution in [0.15, 0.2) is 18.2 Å². The summed E-state index contributed by atoms with van der Waals surface area (Å²) in [5.74, 6) is 0.941. The van der Waals surface area contributed by atoms with Crippen LogP contribution in [0, 0.1) is 0 Å². The minimum Gasteiger partial charge on any atom is -0.497 e. The van der Waals surface area contributed by atoms with Crippen molar-refractivity contribution in [2.45, 2.75) is 25.9 Å². The number of fused-ring (bicyclic) bond motifs is 1. The summed E-state index contributed by atoms with van der Waals surface area (Å²) in [6.07, 6.45) is 1.18. The van der Waals surface area contributed by atoms with Crippen LogP contribution in [0.25, 0.3) is 0 Å². The smallest absolute Gasteiger partial charge is 0.120 e. The molecule has 0 bridgehead atoms. The van der Waals surface area contributed by atoms with Crippen molar-refractivity contribution in [2.24, 2.45) is 0 Å². The van der Waals surface area contributed by atoms with Crippen LogP contribution in [0.5, 0.6) is 5.75 Å². The van der Waals surface area contributed by atoms with Gasteiger partial charge in [-0.1, -0.05) is 6.07 Å². The van der Waals surface area contributed by atoms with Crippen molar-refractivity contribution >= 4 is 5.69 Å². The molecule has 1 atom stereocenters. The Labute approximate surface area is 122 Å². The number of anilines is 1. The van der Waals surface area contributed by atoms with Crippen LogP contribution in [0.3, 0.4) is 0 Å². The molecule has 1 heterocycles. The Hall–Kier alpha value is -1.26. The number of nitrogens with one attached hydrogen (secondary N) is 1. The molecule has 0 saturated carbocycles. The Bertz CT molecular complexity index is 434. The van der Waals surface area contributed by atoms with Gasteiger partial charge in [0.15, 0.2) is 0 Å². The predicted molar refractivity (Wildman–Crippen MR) is 84.7 cm³/mol. The average Bonchev–Trinajstić information content (AvgIpc) is 2.58. The number of methoxy groups -OCH3 is 1.